The van der Waals surface area contributed by atoms with E-state index in [2.05, 4.69) is 9.97 Å². The quantitative estimate of drug-likeness (QED) is 0.865. The minimum absolute atomic E-state index is 0.137. The van der Waals surface area contributed by atoms with E-state index in [0.29, 0.717) is 5.56 Å². The largest absolute Gasteiger partial charge is 0.481 e. The fourth-order valence-corrected chi connectivity index (χ4v) is 1.64. The lowest BCUT2D eigenvalue weighted by Gasteiger charge is -2.14. The van der Waals surface area contributed by atoms with Crippen molar-refractivity contribution < 1.29 is 24.1 Å². The van der Waals surface area contributed by atoms with Crippen LogP contribution in [0.4, 0.5) is 0 Å². The van der Waals surface area contributed by atoms with Crippen LogP contribution in [0.15, 0.2) is 36.4 Å². The molecule has 0 fully saturated rings. The van der Waals surface area contributed by atoms with Gasteiger partial charge in [0.05, 0.1) is 20.3 Å². The van der Waals surface area contributed by atoms with E-state index in [1.54, 1.807) is 30.3 Å². The Kier molecular flexibility index (Phi) is 4.55. The molecule has 7 nitrogen and oxygen atoms in total. The molecule has 110 valence electrons. The van der Waals surface area contributed by atoms with Gasteiger partial charge in [0.2, 0.25) is 17.9 Å². The molecule has 1 aromatic heterocycles. The van der Waals surface area contributed by atoms with Crippen LogP contribution in [0.3, 0.4) is 0 Å². The van der Waals surface area contributed by atoms with Crippen molar-refractivity contribution in [3.05, 3.63) is 42.0 Å². The molecule has 0 aliphatic rings. The molecule has 0 amide bonds. The van der Waals surface area contributed by atoms with E-state index >= 15 is 0 Å². The molecule has 21 heavy (non-hydrogen) atoms. The molecule has 0 aliphatic heterocycles. The molecule has 0 saturated heterocycles. The first-order chi connectivity index (χ1) is 10.1. The number of hydrogen-bond acceptors (Lipinski definition) is 6. The highest BCUT2D eigenvalue weighted by molar-refractivity contribution is 5.74. The average Bonchev–Trinajstić information content (AvgIpc) is 2.52. The first kappa shape index (κ1) is 14.6. The van der Waals surface area contributed by atoms with Crippen molar-refractivity contribution in [3.63, 3.8) is 0 Å². The molecule has 1 heterocycles. The Morgan fingerprint density at radius 1 is 1.10 bits per heavy atom. The number of carboxylic acids is 1. The summed E-state index contributed by atoms with van der Waals surface area (Å²) in [5.74, 6) is -0.713. The van der Waals surface area contributed by atoms with Gasteiger partial charge in [0.15, 0.2) is 0 Å². The standard InChI is InChI=1S/C14H14N2O5/c1-19-10-8-11(20-2)16-14(15-10)21-12(13(17)18)9-6-4-3-5-7-9/h3-8,12H,1-2H3,(H,17,18)/t12-/m0/s1. The summed E-state index contributed by atoms with van der Waals surface area (Å²) in [7, 11) is 2.86. The highest BCUT2D eigenvalue weighted by Crippen LogP contribution is 2.24. The van der Waals surface area contributed by atoms with E-state index in [4.69, 9.17) is 14.2 Å². The first-order valence-corrected chi connectivity index (χ1v) is 6.05. The van der Waals surface area contributed by atoms with Crippen molar-refractivity contribution >= 4 is 5.97 Å². The number of carbonyl (C=O) groups is 1. The number of methoxy groups -OCH3 is 2. The van der Waals surface area contributed by atoms with Gasteiger partial charge in [-0.2, -0.15) is 9.97 Å². The molecule has 7 heteroatoms. The SMILES string of the molecule is COc1cc(OC)nc(O[C@H](C(=O)O)c2ccccc2)n1. The summed E-state index contributed by atoms with van der Waals surface area (Å²) in [5, 5.41) is 9.30. The van der Waals surface area contributed by atoms with Crippen molar-refractivity contribution in [1.29, 1.82) is 0 Å². The van der Waals surface area contributed by atoms with Crippen molar-refractivity contribution in [2.24, 2.45) is 0 Å². The molecule has 1 N–H and O–H groups in total. The molecule has 0 unspecified atom stereocenters. The first-order valence-electron chi connectivity index (χ1n) is 6.05. The van der Waals surface area contributed by atoms with Gasteiger partial charge in [-0.3, -0.25) is 0 Å². The van der Waals surface area contributed by atoms with Gasteiger partial charge < -0.3 is 19.3 Å². The fraction of sp³-hybridized carbons (Fsp3) is 0.214. The highest BCUT2D eigenvalue weighted by Gasteiger charge is 2.23. The van der Waals surface area contributed by atoms with Gasteiger partial charge in [0.1, 0.15) is 0 Å². The second kappa shape index (κ2) is 6.56. The van der Waals surface area contributed by atoms with Gasteiger partial charge in [-0.15, -0.1) is 0 Å². The molecular weight excluding hydrogens is 276 g/mol. The predicted molar refractivity (Wildman–Crippen MR) is 72.6 cm³/mol. The van der Waals surface area contributed by atoms with Crippen LogP contribution in [0.25, 0.3) is 0 Å². The second-order valence-corrected chi connectivity index (χ2v) is 3.98. The van der Waals surface area contributed by atoms with Gasteiger partial charge in [0, 0.05) is 5.56 Å². The summed E-state index contributed by atoms with van der Waals surface area (Å²) >= 11 is 0. The van der Waals surface area contributed by atoms with Crippen LogP contribution in [-0.2, 0) is 4.79 Å². The van der Waals surface area contributed by atoms with E-state index in [1.165, 1.54) is 20.3 Å². The highest BCUT2D eigenvalue weighted by atomic mass is 16.5. The number of nitrogens with zero attached hydrogens (tertiary/aromatic N) is 2. The van der Waals surface area contributed by atoms with Crippen molar-refractivity contribution in [2.45, 2.75) is 6.10 Å². The van der Waals surface area contributed by atoms with E-state index < -0.39 is 12.1 Å². The molecule has 0 aliphatic carbocycles. The fourth-order valence-electron chi connectivity index (χ4n) is 1.64. The maximum atomic E-state index is 11.4. The number of aromatic nitrogens is 2. The summed E-state index contributed by atoms with van der Waals surface area (Å²) in [4.78, 5) is 19.3. The maximum absolute atomic E-state index is 11.4. The van der Waals surface area contributed by atoms with Gasteiger partial charge in [0.25, 0.3) is 0 Å². The third kappa shape index (κ3) is 3.59. The number of rotatable bonds is 6. The molecule has 1 aromatic carbocycles. The van der Waals surface area contributed by atoms with Crippen LogP contribution in [0.2, 0.25) is 0 Å². The zero-order chi connectivity index (χ0) is 15.2. The second-order valence-electron chi connectivity index (χ2n) is 3.98. The number of carboxylic acid groups (broad SMARTS) is 1. The average molecular weight is 290 g/mol. The molecule has 0 bridgehead atoms. The van der Waals surface area contributed by atoms with Crippen LogP contribution in [0.1, 0.15) is 11.7 Å². The van der Waals surface area contributed by atoms with E-state index in [9.17, 15) is 9.90 Å². The Hall–Kier alpha value is -2.83. The van der Waals surface area contributed by atoms with Gasteiger partial charge >= 0.3 is 12.0 Å². The Morgan fingerprint density at radius 2 is 1.67 bits per heavy atom. The zero-order valence-electron chi connectivity index (χ0n) is 11.5. The van der Waals surface area contributed by atoms with Crippen LogP contribution in [0.5, 0.6) is 17.8 Å². The Labute approximate surface area is 121 Å². The van der Waals surface area contributed by atoms with E-state index in [1.807, 2.05) is 0 Å². The third-order valence-electron chi connectivity index (χ3n) is 2.63. The molecule has 0 spiro atoms. The lowest BCUT2D eigenvalue weighted by atomic mass is 10.1. The number of benzene rings is 1. The van der Waals surface area contributed by atoms with Crippen molar-refractivity contribution in [1.82, 2.24) is 9.97 Å². The van der Waals surface area contributed by atoms with E-state index in [-0.39, 0.29) is 17.8 Å². The summed E-state index contributed by atoms with van der Waals surface area (Å²) in [6.07, 6.45) is -1.22. The third-order valence-corrected chi connectivity index (χ3v) is 2.63. The van der Waals surface area contributed by atoms with Crippen LogP contribution in [0, 0.1) is 0 Å². The van der Waals surface area contributed by atoms with Gasteiger partial charge in [-0.25, -0.2) is 4.79 Å². The topological polar surface area (TPSA) is 90.8 Å². The predicted octanol–water partition coefficient (Wildman–Crippen LogP) is 1.70. The van der Waals surface area contributed by atoms with Crippen LogP contribution >= 0.6 is 0 Å². The lowest BCUT2D eigenvalue weighted by Crippen LogP contribution is -2.19. The minimum atomic E-state index is -1.22. The van der Waals surface area contributed by atoms with Gasteiger partial charge in [-0.1, -0.05) is 30.3 Å². The molecular formula is C14H14N2O5. The van der Waals surface area contributed by atoms with Crippen molar-refractivity contribution in [2.75, 3.05) is 14.2 Å². The smallest absolute Gasteiger partial charge is 0.349 e. The Bertz CT molecular complexity index is 596. The molecule has 2 aromatic rings. The summed E-state index contributed by atoms with van der Waals surface area (Å²) in [5.41, 5.74) is 0.482. The Balaban J connectivity index is 2.31. The zero-order valence-corrected chi connectivity index (χ0v) is 11.5. The minimum Gasteiger partial charge on any atom is -0.481 e. The van der Waals surface area contributed by atoms with Crippen LogP contribution < -0.4 is 14.2 Å². The molecule has 0 saturated carbocycles. The van der Waals surface area contributed by atoms with Crippen LogP contribution in [-0.4, -0.2) is 35.3 Å². The monoisotopic (exact) mass is 290 g/mol. The normalized spacial score (nSPS) is 11.5. The number of hydrogen-bond donors (Lipinski definition) is 1. The lowest BCUT2D eigenvalue weighted by molar-refractivity contribution is -0.145. The summed E-state index contributed by atoms with van der Waals surface area (Å²) in [6.45, 7) is 0. The van der Waals surface area contributed by atoms with Crippen molar-refractivity contribution in [3.8, 4) is 17.8 Å². The summed E-state index contributed by atoms with van der Waals surface area (Å²) in [6, 6.07) is 9.86. The van der Waals surface area contributed by atoms with Gasteiger partial charge in [-0.05, 0) is 0 Å². The number of aliphatic carboxylic acids is 1. The molecule has 0 radical (unpaired) electrons. The number of ether oxygens (including phenoxy) is 3. The molecule has 1 atom stereocenters. The van der Waals surface area contributed by atoms with E-state index in [0.717, 1.165) is 0 Å². The maximum Gasteiger partial charge on any atom is 0.349 e. The summed E-state index contributed by atoms with van der Waals surface area (Å²) < 4.78 is 15.3. The molecule has 2 rings (SSSR count). The Morgan fingerprint density at radius 3 is 2.14 bits per heavy atom.